The fraction of sp³-hybridized carbons (Fsp3) is 0.538. The van der Waals surface area contributed by atoms with E-state index in [0.29, 0.717) is 12.1 Å². The van der Waals surface area contributed by atoms with E-state index in [4.69, 9.17) is 5.11 Å². The SMILES string of the molecule is CC(CO)CCCNCc1cccc([N+](=O)[O-])c1F. The van der Waals surface area contributed by atoms with Gasteiger partial charge in [-0.1, -0.05) is 19.1 Å². The van der Waals surface area contributed by atoms with Gasteiger partial charge in [-0.2, -0.15) is 4.39 Å². The average molecular weight is 270 g/mol. The molecule has 0 heterocycles. The van der Waals surface area contributed by atoms with E-state index in [1.165, 1.54) is 12.1 Å². The third-order valence-electron chi connectivity index (χ3n) is 2.93. The number of nitrogens with zero attached hydrogens (tertiary/aromatic N) is 1. The lowest BCUT2D eigenvalue weighted by atomic mass is 10.1. The molecule has 0 aliphatic carbocycles. The van der Waals surface area contributed by atoms with Crippen molar-refractivity contribution < 1.29 is 14.4 Å². The van der Waals surface area contributed by atoms with Crippen LogP contribution < -0.4 is 5.32 Å². The van der Waals surface area contributed by atoms with Crippen LogP contribution in [0.25, 0.3) is 0 Å². The molecule has 0 saturated heterocycles. The van der Waals surface area contributed by atoms with Crippen molar-refractivity contribution in [2.45, 2.75) is 26.3 Å². The number of aliphatic hydroxyl groups excluding tert-OH is 1. The standard InChI is InChI=1S/C13H19FN2O3/c1-10(9-17)4-3-7-15-8-11-5-2-6-12(13(11)14)16(18)19/h2,5-6,10,15,17H,3-4,7-9H2,1H3. The highest BCUT2D eigenvalue weighted by atomic mass is 19.1. The number of halogens is 1. The van der Waals surface area contributed by atoms with Crippen LogP contribution in [0.3, 0.4) is 0 Å². The van der Waals surface area contributed by atoms with Crippen molar-refractivity contribution in [2.24, 2.45) is 5.92 Å². The maximum atomic E-state index is 13.7. The number of rotatable bonds is 8. The Morgan fingerprint density at radius 1 is 1.53 bits per heavy atom. The van der Waals surface area contributed by atoms with Gasteiger partial charge in [0, 0.05) is 24.8 Å². The Balaban J connectivity index is 2.42. The first-order valence-corrected chi connectivity index (χ1v) is 6.29. The van der Waals surface area contributed by atoms with Crippen LogP contribution in [0, 0.1) is 21.8 Å². The molecular weight excluding hydrogens is 251 g/mol. The zero-order chi connectivity index (χ0) is 14.3. The average Bonchev–Trinajstić information content (AvgIpc) is 2.39. The summed E-state index contributed by atoms with van der Waals surface area (Å²) in [5.74, 6) is -0.514. The molecule has 0 bridgehead atoms. The summed E-state index contributed by atoms with van der Waals surface area (Å²) in [5, 5.41) is 22.5. The van der Waals surface area contributed by atoms with Crippen LogP contribution in [-0.2, 0) is 6.54 Å². The van der Waals surface area contributed by atoms with E-state index < -0.39 is 16.4 Å². The highest BCUT2D eigenvalue weighted by Crippen LogP contribution is 2.19. The monoisotopic (exact) mass is 270 g/mol. The second kappa shape index (κ2) is 7.81. The van der Waals surface area contributed by atoms with Crippen LogP contribution in [-0.4, -0.2) is 23.2 Å². The highest BCUT2D eigenvalue weighted by molar-refractivity contribution is 5.36. The van der Waals surface area contributed by atoms with E-state index in [1.54, 1.807) is 0 Å². The molecule has 2 N–H and O–H groups in total. The maximum absolute atomic E-state index is 13.7. The summed E-state index contributed by atoms with van der Waals surface area (Å²) in [7, 11) is 0. The number of benzene rings is 1. The van der Waals surface area contributed by atoms with Gasteiger partial charge in [-0.05, 0) is 25.3 Å². The first-order valence-electron chi connectivity index (χ1n) is 6.29. The van der Waals surface area contributed by atoms with E-state index in [9.17, 15) is 14.5 Å². The number of nitrogens with one attached hydrogen (secondary N) is 1. The van der Waals surface area contributed by atoms with Crippen molar-refractivity contribution in [1.82, 2.24) is 5.32 Å². The second-order valence-electron chi connectivity index (χ2n) is 4.61. The van der Waals surface area contributed by atoms with Crippen LogP contribution in [0.15, 0.2) is 18.2 Å². The molecule has 0 aliphatic rings. The molecule has 1 rings (SSSR count). The Morgan fingerprint density at radius 3 is 2.89 bits per heavy atom. The molecule has 106 valence electrons. The van der Waals surface area contributed by atoms with Gasteiger partial charge in [0.05, 0.1) is 4.92 Å². The maximum Gasteiger partial charge on any atom is 0.305 e. The van der Waals surface area contributed by atoms with Gasteiger partial charge in [0.25, 0.3) is 0 Å². The molecule has 0 spiro atoms. The largest absolute Gasteiger partial charge is 0.396 e. The van der Waals surface area contributed by atoms with E-state index in [-0.39, 0.29) is 19.1 Å². The molecule has 6 heteroatoms. The molecule has 1 aromatic carbocycles. The number of hydrogen-bond donors (Lipinski definition) is 2. The summed E-state index contributed by atoms with van der Waals surface area (Å²) >= 11 is 0. The quantitative estimate of drug-likeness (QED) is 0.431. The molecular formula is C13H19FN2O3. The summed E-state index contributed by atoms with van der Waals surface area (Å²) in [4.78, 5) is 9.86. The second-order valence-corrected chi connectivity index (χ2v) is 4.61. The number of nitro benzene ring substituents is 1. The third kappa shape index (κ3) is 4.92. The van der Waals surface area contributed by atoms with Crippen molar-refractivity contribution >= 4 is 5.69 Å². The minimum Gasteiger partial charge on any atom is -0.396 e. The summed E-state index contributed by atoms with van der Waals surface area (Å²) in [5.41, 5.74) is -0.197. The number of hydrogen-bond acceptors (Lipinski definition) is 4. The topological polar surface area (TPSA) is 75.4 Å². The van der Waals surface area contributed by atoms with Gasteiger partial charge in [0.2, 0.25) is 5.82 Å². The van der Waals surface area contributed by atoms with E-state index in [1.807, 2.05) is 6.92 Å². The van der Waals surface area contributed by atoms with Gasteiger partial charge >= 0.3 is 5.69 Å². The molecule has 0 fully saturated rings. The predicted octanol–water partition coefficient (Wildman–Crippen LogP) is 2.23. The number of nitro groups is 1. The first kappa shape index (κ1) is 15.5. The molecule has 0 saturated carbocycles. The lowest BCUT2D eigenvalue weighted by Gasteiger charge is -2.09. The van der Waals surface area contributed by atoms with Crippen molar-refractivity contribution in [3.05, 3.63) is 39.7 Å². The highest BCUT2D eigenvalue weighted by Gasteiger charge is 2.16. The van der Waals surface area contributed by atoms with Gasteiger partial charge in [-0.3, -0.25) is 10.1 Å². The Morgan fingerprint density at radius 2 is 2.26 bits per heavy atom. The third-order valence-corrected chi connectivity index (χ3v) is 2.93. The Kier molecular flexibility index (Phi) is 6.38. The van der Waals surface area contributed by atoms with Crippen LogP contribution in [0.5, 0.6) is 0 Å². The zero-order valence-electron chi connectivity index (χ0n) is 10.9. The minimum absolute atomic E-state index is 0.166. The number of aliphatic hydroxyl groups is 1. The molecule has 0 amide bonds. The molecule has 1 unspecified atom stereocenters. The van der Waals surface area contributed by atoms with Gasteiger partial charge in [-0.25, -0.2) is 0 Å². The minimum atomic E-state index is -0.774. The summed E-state index contributed by atoms with van der Waals surface area (Å²) in [6.07, 6.45) is 1.76. The molecule has 0 aromatic heterocycles. The van der Waals surface area contributed by atoms with E-state index >= 15 is 0 Å². The van der Waals surface area contributed by atoms with Crippen LogP contribution in [0.4, 0.5) is 10.1 Å². The molecule has 19 heavy (non-hydrogen) atoms. The van der Waals surface area contributed by atoms with Gasteiger partial charge in [-0.15, -0.1) is 0 Å². The Labute approximate surface area is 111 Å². The summed E-state index contributed by atoms with van der Waals surface area (Å²) in [6, 6.07) is 4.17. The zero-order valence-corrected chi connectivity index (χ0v) is 10.9. The lowest BCUT2D eigenvalue weighted by molar-refractivity contribution is -0.387. The van der Waals surface area contributed by atoms with Crippen molar-refractivity contribution in [1.29, 1.82) is 0 Å². The van der Waals surface area contributed by atoms with Crippen molar-refractivity contribution in [3.8, 4) is 0 Å². The van der Waals surface area contributed by atoms with Crippen LogP contribution >= 0.6 is 0 Å². The van der Waals surface area contributed by atoms with Gasteiger partial charge in [0.1, 0.15) is 0 Å². The predicted molar refractivity (Wildman–Crippen MR) is 70.2 cm³/mol. The lowest BCUT2D eigenvalue weighted by Crippen LogP contribution is -2.17. The molecule has 1 atom stereocenters. The molecule has 0 radical (unpaired) electrons. The Hall–Kier alpha value is -1.53. The normalized spacial score (nSPS) is 12.4. The van der Waals surface area contributed by atoms with E-state index in [2.05, 4.69) is 5.32 Å². The van der Waals surface area contributed by atoms with Crippen LogP contribution in [0.1, 0.15) is 25.3 Å². The van der Waals surface area contributed by atoms with E-state index in [0.717, 1.165) is 18.9 Å². The molecule has 5 nitrogen and oxygen atoms in total. The summed E-state index contributed by atoms with van der Waals surface area (Å²) in [6.45, 7) is 3.08. The fourth-order valence-electron chi connectivity index (χ4n) is 1.73. The summed E-state index contributed by atoms with van der Waals surface area (Å²) < 4.78 is 13.7. The van der Waals surface area contributed by atoms with Gasteiger partial charge < -0.3 is 10.4 Å². The van der Waals surface area contributed by atoms with Crippen molar-refractivity contribution in [2.75, 3.05) is 13.2 Å². The molecule has 0 aliphatic heterocycles. The fourth-order valence-corrected chi connectivity index (χ4v) is 1.73. The first-order chi connectivity index (χ1) is 9.06. The van der Waals surface area contributed by atoms with Gasteiger partial charge in [0.15, 0.2) is 0 Å². The van der Waals surface area contributed by atoms with Crippen LogP contribution in [0.2, 0.25) is 0 Å². The smallest absolute Gasteiger partial charge is 0.305 e. The van der Waals surface area contributed by atoms with Crippen molar-refractivity contribution in [3.63, 3.8) is 0 Å². The molecule has 1 aromatic rings. The Bertz CT molecular complexity index is 426.